The van der Waals surface area contributed by atoms with Crippen LogP contribution in [0.5, 0.6) is 0 Å². The fourth-order valence-corrected chi connectivity index (χ4v) is 4.50. The Kier molecular flexibility index (Phi) is 7.76. The highest BCUT2D eigenvalue weighted by atomic mass is 35.5. The second kappa shape index (κ2) is 9.64. The number of carbonyl (C=O) groups excluding carboxylic acids is 1. The zero-order valence-electron chi connectivity index (χ0n) is 16.2. The number of likely N-dealkylation sites (tertiary alicyclic amines) is 1. The maximum atomic E-state index is 13.7. The molecule has 4 nitrogen and oxygen atoms in total. The van der Waals surface area contributed by atoms with Crippen molar-refractivity contribution in [3.8, 4) is 0 Å². The Morgan fingerprint density at radius 2 is 1.79 bits per heavy atom. The predicted molar refractivity (Wildman–Crippen MR) is 120 cm³/mol. The molecule has 2 N–H and O–H groups in total. The Bertz CT molecular complexity index is 786. The highest BCUT2D eigenvalue weighted by Crippen LogP contribution is 2.37. The molecule has 2 heterocycles. The quantitative estimate of drug-likeness (QED) is 0.815. The molecule has 0 saturated carbocycles. The molecule has 152 valence electrons. The first-order valence-corrected chi connectivity index (χ1v) is 9.59. The van der Waals surface area contributed by atoms with Crippen LogP contribution in [0.3, 0.4) is 0 Å². The standard InChI is InChI=1S/C22H27N3O.2ClH/c1-16-13-17(14-23)15-25(16)22(26)21(19-8-3-2-4-9-19)24-12-11-18-7-5-6-10-20(18)24;;/h2-10,16-17,21H,11-15,23H2,1H3;2*1H. The molecule has 1 saturated heterocycles. The summed E-state index contributed by atoms with van der Waals surface area (Å²) in [6.45, 7) is 4.45. The number of anilines is 1. The van der Waals surface area contributed by atoms with Crippen LogP contribution in [0.2, 0.25) is 0 Å². The first-order chi connectivity index (χ1) is 12.7. The molecule has 0 aromatic heterocycles. The van der Waals surface area contributed by atoms with Gasteiger partial charge in [-0.15, -0.1) is 24.8 Å². The van der Waals surface area contributed by atoms with Gasteiger partial charge in [0.1, 0.15) is 6.04 Å². The third-order valence-electron chi connectivity index (χ3n) is 5.86. The smallest absolute Gasteiger partial charge is 0.250 e. The number of hydrogen-bond donors (Lipinski definition) is 1. The summed E-state index contributed by atoms with van der Waals surface area (Å²) in [7, 11) is 0. The van der Waals surface area contributed by atoms with Gasteiger partial charge in [0.05, 0.1) is 0 Å². The summed E-state index contributed by atoms with van der Waals surface area (Å²) in [6.07, 6.45) is 1.99. The Labute approximate surface area is 179 Å². The predicted octanol–water partition coefficient (Wildman–Crippen LogP) is 3.83. The lowest BCUT2D eigenvalue weighted by Gasteiger charge is -2.34. The van der Waals surface area contributed by atoms with Crippen LogP contribution in [0.15, 0.2) is 54.6 Å². The van der Waals surface area contributed by atoms with Crippen molar-refractivity contribution >= 4 is 36.4 Å². The topological polar surface area (TPSA) is 49.6 Å². The van der Waals surface area contributed by atoms with Crippen LogP contribution in [0.4, 0.5) is 5.69 Å². The molecule has 0 bridgehead atoms. The number of rotatable bonds is 4. The molecule has 3 atom stereocenters. The van der Waals surface area contributed by atoms with Gasteiger partial charge >= 0.3 is 0 Å². The van der Waals surface area contributed by atoms with Gasteiger partial charge in [-0.05, 0) is 49.4 Å². The summed E-state index contributed by atoms with van der Waals surface area (Å²) in [6, 6.07) is 18.6. The lowest BCUT2D eigenvalue weighted by Crippen LogP contribution is -2.44. The molecule has 2 aromatic rings. The van der Waals surface area contributed by atoms with Gasteiger partial charge in [0, 0.05) is 24.8 Å². The van der Waals surface area contributed by atoms with E-state index >= 15 is 0 Å². The molecule has 2 aliphatic heterocycles. The summed E-state index contributed by atoms with van der Waals surface area (Å²) in [5.74, 6) is 0.618. The molecule has 1 fully saturated rings. The first-order valence-electron chi connectivity index (χ1n) is 9.59. The van der Waals surface area contributed by atoms with Crippen molar-refractivity contribution < 1.29 is 4.79 Å². The Hall–Kier alpha value is -1.75. The van der Waals surface area contributed by atoms with Crippen molar-refractivity contribution in [1.82, 2.24) is 4.90 Å². The molecular formula is C22H29Cl2N3O. The van der Waals surface area contributed by atoms with Crippen LogP contribution < -0.4 is 10.6 Å². The summed E-state index contributed by atoms with van der Waals surface area (Å²) in [4.78, 5) is 18.0. The van der Waals surface area contributed by atoms with E-state index in [0.717, 1.165) is 31.5 Å². The molecule has 6 heteroatoms. The molecule has 2 aromatic carbocycles. The summed E-state index contributed by atoms with van der Waals surface area (Å²) >= 11 is 0. The Balaban J connectivity index is 0.00000140. The lowest BCUT2D eigenvalue weighted by molar-refractivity contribution is -0.133. The second-order valence-electron chi connectivity index (χ2n) is 7.56. The second-order valence-corrected chi connectivity index (χ2v) is 7.56. The van der Waals surface area contributed by atoms with E-state index in [1.165, 1.54) is 11.3 Å². The summed E-state index contributed by atoms with van der Waals surface area (Å²) < 4.78 is 0. The van der Waals surface area contributed by atoms with Crippen LogP contribution >= 0.6 is 24.8 Å². The number of halogens is 2. The molecule has 0 radical (unpaired) electrons. The largest absolute Gasteiger partial charge is 0.355 e. The molecule has 2 aliphatic rings. The van der Waals surface area contributed by atoms with Crippen molar-refractivity contribution in [2.24, 2.45) is 11.7 Å². The van der Waals surface area contributed by atoms with Gasteiger partial charge in [-0.1, -0.05) is 48.5 Å². The van der Waals surface area contributed by atoms with E-state index in [1.54, 1.807) is 0 Å². The van der Waals surface area contributed by atoms with Crippen molar-refractivity contribution in [3.63, 3.8) is 0 Å². The summed E-state index contributed by atoms with van der Waals surface area (Å²) in [5.41, 5.74) is 9.47. The van der Waals surface area contributed by atoms with Crippen molar-refractivity contribution in [2.45, 2.75) is 31.8 Å². The van der Waals surface area contributed by atoms with E-state index in [9.17, 15) is 4.79 Å². The number of para-hydroxylation sites is 1. The van der Waals surface area contributed by atoms with Gasteiger partial charge in [-0.3, -0.25) is 4.79 Å². The molecule has 3 unspecified atom stereocenters. The van der Waals surface area contributed by atoms with Gasteiger partial charge < -0.3 is 15.5 Å². The molecule has 0 spiro atoms. The molecule has 0 aliphatic carbocycles. The number of amides is 1. The monoisotopic (exact) mass is 421 g/mol. The maximum Gasteiger partial charge on any atom is 0.250 e. The zero-order chi connectivity index (χ0) is 18.1. The average molecular weight is 422 g/mol. The highest BCUT2D eigenvalue weighted by molar-refractivity contribution is 5.88. The van der Waals surface area contributed by atoms with Gasteiger partial charge in [0.2, 0.25) is 5.91 Å². The number of nitrogens with zero attached hydrogens (tertiary/aromatic N) is 2. The van der Waals surface area contributed by atoms with E-state index in [0.29, 0.717) is 12.5 Å². The highest BCUT2D eigenvalue weighted by Gasteiger charge is 2.39. The van der Waals surface area contributed by atoms with E-state index in [4.69, 9.17) is 5.73 Å². The van der Waals surface area contributed by atoms with Crippen LogP contribution in [-0.4, -0.2) is 36.5 Å². The third kappa shape index (κ3) is 4.14. The minimum absolute atomic E-state index is 0. The molecule has 4 rings (SSSR count). The van der Waals surface area contributed by atoms with E-state index < -0.39 is 0 Å². The Morgan fingerprint density at radius 1 is 1.11 bits per heavy atom. The third-order valence-corrected chi connectivity index (χ3v) is 5.86. The van der Waals surface area contributed by atoms with Crippen molar-refractivity contribution in [1.29, 1.82) is 0 Å². The normalized spacial score (nSPS) is 21.5. The Morgan fingerprint density at radius 3 is 2.46 bits per heavy atom. The molecular weight excluding hydrogens is 393 g/mol. The van der Waals surface area contributed by atoms with Gasteiger partial charge in [-0.25, -0.2) is 0 Å². The average Bonchev–Trinajstić information content (AvgIpc) is 3.26. The fraction of sp³-hybridized carbons (Fsp3) is 0.409. The van der Waals surface area contributed by atoms with Crippen LogP contribution in [0.1, 0.15) is 30.5 Å². The minimum atomic E-state index is -0.265. The lowest BCUT2D eigenvalue weighted by atomic mass is 10.0. The summed E-state index contributed by atoms with van der Waals surface area (Å²) in [5, 5.41) is 0. The van der Waals surface area contributed by atoms with E-state index in [2.05, 4.69) is 53.1 Å². The minimum Gasteiger partial charge on any atom is -0.355 e. The molecule has 28 heavy (non-hydrogen) atoms. The van der Waals surface area contributed by atoms with Crippen LogP contribution in [0, 0.1) is 5.92 Å². The number of fused-ring (bicyclic) bond motifs is 1. The first kappa shape index (κ1) is 22.5. The number of benzene rings is 2. The van der Waals surface area contributed by atoms with Gasteiger partial charge in [-0.2, -0.15) is 0 Å². The number of hydrogen-bond acceptors (Lipinski definition) is 3. The van der Waals surface area contributed by atoms with Crippen molar-refractivity contribution in [2.75, 3.05) is 24.5 Å². The van der Waals surface area contributed by atoms with E-state index in [1.807, 2.05) is 18.2 Å². The van der Waals surface area contributed by atoms with Crippen LogP contribution in [0.25, 0.3) is 0 Å². The van der Waals surface area contributed by atoms with Crippen molar-refractivity contribution in [3.05, 3.63) is 65.7 Å². The van der Waals surface area contributed by atoms with Gasteiger partial charge in [0.25, 0.3) is 0 Å². The van der Waals surface area contributed by atoms with Crippen LogP contribution in [-0.2, 0) is 11.2 Å². The van der Waals surface area contributed by atoms with Gasteiger partial charge in [0.15, 0.2) is 0 Å². The van der Waals surface area contributed by atoms with E-state index in [-0.39, 0.29) is 42.8 Å². The number of carbonyl (C=O) groups is 1. The fourth-order valence-electron chi connectivity index (χ4n) is 4.50. The zero-order valence-corrected chi connectivity index (χ0v) is 17.8. The number of nitrogens with two attached hydrogens (primary N) is 1. The SMILES string of the molecule is CC1CC(CN)CN1C(=O)C(c1ccccc1)N1CCc2ccccc21.Cl.Cl. The molecule has 1 amide bonds. The maximum absolute atomic E-state index is 13.7.